The number of piperidine rings is 1. The predicted molar refractivity (Wildman–Crippen MR) is 95.1 cm³/mol. The predicted octanol–water partition coefficient (Wildman–Crippen LogP) is 4.17. The summed E-state index contributed by atoms with van der Waals surface area (Å²) in [5.74, 6) is 0.222. The molecule has 3 heterocycles. The third-order valence-electron chi connectivity index (χ3n) is 5.24. The number of hydrogen-bond donors (Lipinski definition) is 0. The number of hydrogen-bond acceptors (Lipinski definition) is 5. The lowest BCUT2D eigenvalue weighted by molar-refractivity contribution is -0.101. The van der Waals surface area contributed by atoms with Gasteiger partial charge in [-0.3, -0.25) is 4.90 Å². The Hall–Kier alpha value is -1.63. The van der Waals surface area contributed by atoms with Crippen molar-refractivity contribution in [1.82, 2.24) is 15.1 Å². The van der Waals surface area contributed by atoms with Gasteiger partial charge >= 0.3 is 6.09 Å². The maximum atomic E-state index is 15.5. The minimum absolute atomic E-state index is 0.222. The van der Waals surface area contributed by atoms with Crippen molar-refractivity contribution in [2.45, 2.75) is 82.8 Å². The van der Waals surface area contributed by atoms with Crippen molar-refractivity contribution in [3.63, 3.8) is 0 Å². The Balaban J connectivity index is 1.84. The van der Waals surface area contributed by atoms with Gasteiger partial charge in [-0.1, -0.05) is 11.6 Å². The molecule has 0 spiro atoms. The van der Waals surface area contributed by atoms with Crippen LogP contribution in [0.5, 0.6) is 5.88 Å². The Labute approximate surface area is 158 Å². The fourth-order valence-electron chi connectivity index (χ4n) is 4.11. The molecule has 26 heavy (non-hydrogen) atoms. The Bertz CT molecular complexity index is 696. The highest BCUT2D eigenvalue weighted by molar-refractivity contribution is 6.29. The van der Waals surface area contributed by atoms with Gasteiger partial charge in [-0.25, -0.2) is 9.18 Å². The summed E-state index contributed by atoms with van der Waals surface area (Å²) in [6.07, 6.45) is -0.976. The van der Waals surface area contributed by atoms with Gasteiger partial charge in [0.05, 0.1) is 5.54 Å². The van der Waals surface area contributed by atoms with E-state index in [4.69, 9.17) is 21.1 Å². The van der Waals surface area contributed by atoms with Crippen LogP contribution in [0.25, 0.3) is 0 Å². The highest BCUT2D eigenvalue weighted by atomic mass is 35.5. The molecular formula is C18H25ClFN3O3. The normalized spacial score (nSPS) is 33.9. The average Bonchev–Trinajstić information content (AvgIpc) is 2.74. The van der Waals surface area contributed by atoms with Crippen molar-refractivity contribution in [2.75, 3.05) is 0 Å². The minimum atomic E-state index is -1.37. The SMILES string of the molecule is CC(C)(C)OC(=O)N1C2(C)CCC1(C)C(F)C(Oc1ccc(Cl)nn1)C2. The Morgan fingerprint density at radius 2 is 2.00 bits per heavy atom. The monoisotopic (exact) mass is 385 g/mol. The van der Waals surface area contributed by atoms with Crippen LogP contribution in [0.1, 0.15) is 53.9 Å². The molecule has 0 aliphatic carbocycles. The first-order valence-corrected chi connectivity index (χ1v) is 9.16. The van der Waals surface area contributed by atoms with Crippen LogP contribution in [0.3, 0.4) is 0 Å². The third-order valence-corrected chi connectivity index (χ3v) is 5.44. The number of aromatic nitrogens is 2. The first-order chi connectivity index (χ1) is 11.9. The van der Waals surface area contributed by atoms with Crippen LogP contribution in [-0.4, -0.2) is 50.1 Å². The minimum Gasteiger partial charge on any atom is -0.470 e. The summed E-state index contributed by atoms with van der Waals surface area (Å²) in [5.41, 5.74) is -2.16. The number of carbonyl (C=O) groups is 1. The zero-order valence-electron chi connectivity index (χ0n) is 15.8. The smallest absolute Gasteiger partial charge is 0.411 e. The van der Waals surface area contributed by atoms with Crippen LogP contribution in [0, 0.1) is 0 Å². The number of nitrogens with zero attached hydrogens (tertiary/aromatic N) is 3. The summed E-state index contributed by atoms with van der Waals surface area (Å²) in [5, 5.41) is 7.82. The van der Waals surface area contributed by atoms with E-state index in [1.54, 1.807) is 44.7 Å². The molecule has 2 bridgehead atoms. The van der Waals surface area contributed by atoms with Crippen LogP contribution in [0.4, 0.5) is 9.18 Å². The van der Waals surface area contributed by atoms with E-state index in [9.17, 15) is 4.79 Å². The summed E-state index contributed by atoms with van der Waals surface area (Å²) in [6, 6.07) is 3.11. The Kier molecular flexibility index (Phi) is 4.58. The fourth-order valence-corrected chi connectivity index (χ4v) is 4.21. The fraction of sp³-hybridized carbons (Fsp3) is 0.722. The summed E-state index contributed by atoms with van der Waals surface area (Å²) in [7, 11) is 0. The molecule has 0 radical (unpaired) electrons. The zero-order valence-corrected chi connectivity index (χ0v) is 16.5. The molecule has 2 aliphatic heterocycles. The maximum absolute atomic E-state index is 15.5. The van der Waals surface area contributed by atoms with Gasteiger partial charge in [0.1, 0.15) is 11.7 Å². The topological polar surface area (TPSA) is 64.5 Å². The van der Waals surface area contributed by atoms with E-state index in [2.05, 4.69) is 10.2 Å². The average molecular weight is 386 g/mol. The van der Waals surface area contributed by atoms with Gasteiger partial charge in [0.25, 0.3) is 0 Å². The summed E-state index contributed by atoms with van der Waals surface area (Å²) in [6.45, 7) is 9.13. The molecule has 0 aromatic carbocycles. The van der Waals surface area contributed by atoms with Crippen LogP contribution in [0.15, 0.2) is 12.1 Å². The number of halogens is 2. The van der Waals surface area contributed by atoms with Crippen molar-refractivity contribution in [3.05, 3.63) is 17.3 Å². The summed E-state index contributed by atoms with van der Waals surface area (Å²) >= 11 is 5.73. The van der Waals surface area contributed by atoms with Gasteiger partial charge in [-0.15, -0.1) is 10.2 Å². The zero-order chi connectivity index (χ0) is 19.3. The lowest BCUT2D eigenvalue weighted by Crippen LogP contribution is -2.67. The van der Waals surface area contributed by atoms with E-state index in [0.717, 1.165) is 0 Å². The molecule has 0 saturated carbocycles. The van der Waals surface area contributed by atoms with E-state index in [1.165, 1.54) is 0 Å². The quantitative estimate of drug-likeness (QED) is 0.764. The molecule has 2 aliphatic rings. The third kappa shape index (κ3) is 3.33. The number of ether oxygens (including phenoxy) is 2. The molecule has 144 valence electrons. The van der Waals surface area contributed by atoms with Gasteiger partial charge in [0, 0.05) is 18.0 Å². The molecule has 1 aromatic heterocycles. The number of amides is 1. The first-order valence-electron chi connectivity index (χ1n) is 8.78. The van der Waals surface area contributed by atoms with Crippen LogP contribution in [-0.2, 0) is 4.74 Å². The molecule has 6 nitrogen and oxygen atoms in total. The van der Waals surface area contributed by atoms with Gasteiger partial charge < -0.3 is 9.47 Å². The maximum Gasteiger partial charge on any atom is 0.411 e. The highest BCUT2D eigenvalue weighted by Gasteiger charge is 2.64. The van der Waals surface area contributed by atoms with E-state index in [-0.39, 0.29) is 11.0 Å². The lowest BCUT2D eigenvalue weighted by Gasteiger charge is -2.51. The number of alkyl halides is 1. The Morgan fingerprint density at radius 1 is 1.31 bits per heavy atom. The highest BCUT2D eigenvalue weighted by Crippen LogP contribution is 2.52. The lowest BCUT2D eigenvalue weighted by atomic mass is 9.82. The van der Waals surface area contributed by atoms with Crippen molar-refractivity contribution in [3.8, 4) is 5.88 Å². The summed E-state index contributed by atoms with van der Waals surface area (Å²) < 4.78 is 26.8. The second-order valence-corrected chi connectivity index (χ2v) is 9.01. The standard InChI is InChI=1S/C18H25ClFN3O3/c1-16(2,3)26-15(24)23-17(4)8-9-18(23,5)14(20)11(10-17)25-13-7-6-12(19)21-22-13/h6-7,11,14H,8-10H2,1-5H3. The van der Waals surface area contributed by atoms with E-state index in [0.29, 0.717) is 19.3 Å². The van der Waals surface area contributed by atoms with Crippen molar-refractivity contribution < 1.29 is 18.7 Å². The van der Waals surface area contributed by atoms with Crippen molar-refractivity contribution >= 4 is 17.7 Å². The number of carbonyl (C=O) groups excluding carboxylic acids is 1. The molecular weight excluding hydrogens is 361 g/mol. The van der Waals surface area contributed by atoms with Gasteiger partial charge in [-0.2, -0.15) is 0 Å². The molecule has 2 fully saturated rings. The molecule has 1 amide bonds. The van der Waals surface area contributed by atoms with Crippen LogP contribution in [0.2, 0.25) is 5.15 Å². The molecule has 2 saturated heterocycles. The van der Waals surface area contributed by atoms with Crippen molar-refractivity contribution in [1.29, 1.82) is 0 Å². The number of fused-ring (bicyclic) bond motifs is 2. The second-order valence-electron chi connectivity index (χ2n) is 8.63. The van der Waals surface area contributed by atoms with E-state index < -0.39 is 35.0 Å². The van der Waals surface area contributed by atoms with Gasteiger partial charge in [-0.05, 0) is 53.5 Å². The van der Waals surface area contributed by atoms with Gasteiger partial charge in [0.15, 0.2) is 11.3 Å². The molecule has 3 rings (SSSR count). The summed E-state index contributed by atoms with van der Waals surface area (Å²) in [4.78, 5) is 14.4. The molecule has 0 N–H and O–H groups in total. The molecule has 4 unspecified atom stereocenters. The molecule has 4 atom stereocenters. The van der Waals surface area contributed by atoms with Gasteiger partial charge in [0.2, 0.25) is 5.88 Å². The molecule has 8 heteroatoms. The van der Waals surface area contributed by atoms with Crippen molar-refractivity contribution in [2.24, 2.45) is 0 Å². The largest absolute Gasteiger partial charge is 0.470 e. The van der Waals surface area contributed by atoms with E-state index >= 15 is 4.39 Å². The van der Waals surface area contributed by atoms with Crippen LogP contribution >= 0.6 is 11.6 Å². The van der Waals surface area contributed by atoms with E-state index in [1.807, 2.05) is 6.92 Å². The molecule has 1 aromatic rings. The second kappa shape index (κ2) is 6.22. The van der Waals surface area contributed by atoms with Crippen LogP contribution < -0.4 is 4.74 Å². The first kappa shape index (κ1) is 19.1. The Morgan fingerprint density at radius 3 is 2.58 bits per heavy atom. The number of rotatable bonds is 2.